The van der Waals surface area contributed by atoms with Crippen molar-refractivity contribution < 1.29 is 4.79 Å². The molecular formula is C19H24N4OS. The molecule has 0 aromatic carbocycles. The lowest BCUT2D eigenvalue weighted by Gasteiger charge is -2.38. The molecule has 2 aliphatic rings. The topological polar surface area (TPSA) is 49.3 Å². The number of nitrogens with zero attached hydrogens (tertiary/aromatic N) is 4. The van der Waals surface area contributed by atoms with E-state index >= 15 is 0 Å². The molecule has 2 saturated heterocycles. The summed E-state index contributed by atoms with van der Waals surface area (Å²) >= 11 is 1.70. The number of piperidine rings is 1. The van der Waals surface area contributed by atoms with Crippen molar-refractivity contribution in [2.75, 3.05) is 19.6 Å². The first-order chi connectivity index (χ1) is 12.1. The van der Waals surface area contributed by atoms with Gasteiger partial charge < -0.3 is 4.90 Å². The minimum Gasteiger partial charge on any atom is -0.338 e. The van der Waals surface area contributed by atoms with Gasteiger partial charge in [-0.15, -0.1) is 11.3 Å². The predicted molar refractivity (Wildman–Crippen MR) is 98.1 cm³/mol. The molecule has 1 spiro atoms. The summed E-state index contributed by atoms with van der Waals surface area (Å²) in [5.74, 6) is 0.337. The van der Waals surface area contributed by atoms with Crippen molar-refractivity contribution in [2.45, 2.75) is 39.3 Å². The highest BCUT2D eigenvalue weighted by Gasteiger charge is 2.48. The number of rotatable bonds is 4. The molecule has 4 rings (SSSR count). The van der Waals surface area contributed by atoms with Gasteiger partial charge in [0.1, 0.15) is 0 Å². The van der Waals surface area contributed by atoms with Crippen LogP contribution in [-0.4, -0.2) is 45.3 Å². The van der Waals surface area contributed by atoms with E-state index in [0.29, 0.717) is 12.5 Å². The first-order valence-electron chi connectivity index (χ1n) is 8.96. The highest BCUT2D eigenvalue weighted by Crippen LogP contribution is 2.41. The van der Waals surface area contributed by atoms with Gasteiger partial charge in [-0.3, -0.25) is 14.7 Å². The molecule has 2 aromatic heterocycles. The monoisotopic (exact) mass is 356 g/mol. The highest BCUT2D eigenvalue weighted by molar-refractivity contribution is 7.09. The largest absolute Gasteiger partial charge is 0.338 e. The van der Waals surface area contributed by atoms with Gasteiger partial charge in [-0.1, -0.05) is 0 Å². The summed E-state index contributed by atoms with van der Waals surface area (Å²) in [5, 5.41) is 3.25. The summed E-state index contributed by atoms with van der Waals surface area (Å²) in [6.45, 7) is 6.41. The lowest BCUT2D eigenvalue weighted by molar-refractivity contribution is -0.139. The average Bonchev–Trinajstić information content (AvgIpc) is 3.15. The Morgan fingerprint density at radius 1 is 1.20 bits per heavy atom. The van der Waals surface area contributed by atoms with Crippen molar-refractivity contribution in [1.29, 1.82) is 0 Å². The standard InChI is InChI=1S/C19H24N4OS/c1-15-21-17(13-25-15)12-22-9-2-5-19(14-22)6-10-23(18(19)24)11-16-3-7-20-8-4-16/h3-4,7-8,13H,2,5-6,9-12,14H2,1H3/t19-/m1/s1. The number of likely N-dealkylation sites (tertiary alicyclic amines) is 2. The summed E-state index contributed by atoms with van der Waals surface area (Å²) < 4.78 is 0. The molecule has 5 nitrogen and oxygen atoms in total. The molecule has 132 valence electrons. The summed E-state index contributed by atoms with van der Waals surface area (Å²) in [7, 11) is 0. The van der Waals surface area contributed by atoms with Gasteiger partial charge in [0.25, 0.3) is 0 Å². The van der Waals surface area contributed by atoms with E-state index in [1.807, 2.05) is 24.0 Å². The molecule has 2 fully saturated rings. The maximum absolute atomic E-state index is 13.2. The molecule has 0 bridgehead atoms. The molecule has 25 heavy (non-hydrogen) atoms. The van der Waals surface area contributed by atoms with E-state index in [1.165, 1.54) is 0 Å². The van der Waals surface area contributed by atoms with Crippen LogP contribution in [0.1, 0.15) is 35.5 Å². The van der Waals surface area contributed by atoms with Gasteiger partial charge in [0.2, 0.25) is 5.91 Å². The van der Waals surface area contributed by atoms with E-state index in [2.05, 4.69) is 20.2 Å². The van der Waals surface area contributed by atoms with Gasteiger partial charge in [-0.2, -0.15) is 0 Å². The Morgan fingerprint density at radius 2 is 2.04 bits per heavy atom. The molecule has 1 amide bonds. The zero-order chi connectivity index (χ0) is 17.3. The Morgan fingerprint density at radius 3 is 2.80 bits per heavy atom. The number of amides is 1. The number of aryl methyl sites for hydroxylation is 1. The van der Waals surface area contributed by atoms with Crippen LogP contribution in [-0.2, 0) is 17.9 Å². The first-order valence-corrected chi connectivity index (χ1v) is 9.84. The van der Waals surface area contributed by atoms with Crippen LogP contribution in [0.25, 0.3) is 0 Å². The van der Waals surface area contributed by atoms with Crippen LogP contribution < -0.4 is 0 Å². The Bertz CT molecular complexity index is 747. The zero-order valence-corrected chi connectivity index (χ0v) is 15.5. The molecule has 0 N–H and O–H groups in total. The molecule has 0 saturated carbocycles. The zero-order valence-electron chi connectivity index (χ0n) is 14.6. The van der Waals surface area contributed by atoms with Crippen LogP contribution in [0, 0.1) is 12.3 Å². The third-order valence-corrected chi connectivity index (χ3v) is 6.25. The van der Waals surface area contributed by atoms with Gasteiger partial charge in [0.05, 0.1) is 16.1 Å². The lowest BCUT2D eigenvalue weighted by atomic mass is 9.78. The fourth-order valence-corrected chi connectivity index (χ4v) is 4.81. The Hall–Kier alpha value is -1.79. The van der Waals surface area contributed by atoms with E-state index in [0.717, 1.165) is 61.7 Å². The van der Waals surface area contributed by atoms with Gasteiger partial charge in [0, 0.05) is 44.0 Å². The summed E-state index contributed by atoms with van der Waals surface area (Å²) in [5.41, 5.74) is 2.11. The fraction of sp³-hybridized carbons (Fsp3) is 0.526. The fourth-order valence-electron chi connectivity index (χ4n) is 4.20. The average molecular weight is 356 g/mol. The van der Waals surface area contributed by atoms with E-state index in [9.17, 15) is 4.79 Å². The van der Waals surface area contributed by atoms with E-state index in [4.69, 9.17) is 0 Å². The minimum absolute atomic E-state index is 0.184. The number of aromatic nitrogens is 2. The molecule has 2 aromatic rings. The van der Waals surface area contributed by atoms with Gasteiger partial charge in [-0.05, 0) is 50.4 Å². The second-order valence-corrected chi connectivity index (χ2v) is 8.35. The van der Waals surface area contributed by atoms with E-state index in [1.54, 1.807) is 23.7 Å². The van der Waals surface area contributed by atoms with Crippen LogP contribution in [0.4, 0.5) is 0 Å². The Labute approximate surface area is 152 Å². The quantitative estimate of drug-likeness (QED) is 0.845. The normalized spacial score (nSPS) is 24.4. The smallest absolute Gasteiger partial charge is 0.230 e. The molecule has 2 aliphatic heterocycles. The maximum atomic E-state index is 13.2. The van der Waals surface area contributed by atoms with Crippen molar-refractivity contribution in [3.63, 3.8) is 0 Å². The summed E-state index contributed by atoms with van der Waals surface area (Å²) in [6.07, 6.45) is 6.68. The van der Waals surface area contributed by atoms with Gasteiger partial charge >= 0.3 is 0 Å². The lowest BCUT2D eigenvalue weighted by Crippen LogP contribution is -2.47. The van der Waals surface area contributed by atoms with E-state index < -0.39 is 0 Å². The molecule has 4 heterocycles. The van der Waals surface area contributed by atoms with Crippen molar-refractivity contribution >= 4 is 17.2 Å². The van der Waals surface area contributed by atoms with Crippen LogP contribution in [0.3, 0.4) is 0 Å². The predicted octanol–water partition coefficient (Wildman–Crippen LogP) is 2.86. The van der Waals surface area contributed by atoms with Crippen LogP contribution in [0.5, 0.6) is 0 Å². The van der Waals surface area contributed by atoms with Crippen LogP contribution in [0.15, 0.2) is 29.9 Å². The van der Waals surface area contributed by atoms with Crippen molar-refractivity contribution in [3.8, 4) is 0 Å². The van der Waals surface area contributed by atoms with Gasteiger partial charge in [-0.25, -0.2) is 4.98 Å². The molecule has 1 atom stereocenters. The van der Waals surface area contributed by atoms with Crippen molar-refractivity contribution in [1.82, 2.24) is 19.8 Å². The second kappa shape index (κ2) is 6.84. The summed E-state index contributed by atoms with van der Waals surface area (Å²) in [4.78, 5) is 26.3. The van der Waals surface area contributed by atoms with Crippen LogP contribution in [0.2, 0.25) is 0 Å². The number of thiazole rings is 1. The number of carbonyl (C=O) groups excluding carboxylic acids is 1. The first kappa shape index (κ1) is 16.7. The number of pyridine rings is 1. The number of hydrogen-bond acceptors (Lipinski definition) is 5. The minimum atomic E-state index is -0.184. The number of hydrogen-bond donors (Lipinski definition) is 0. The third-order valence-electron chi connectivity index (χ3n) is 5.43. The SMILES string of the molecule is Cc1nc(CN2CCC[C@@]3(CCN(Cc4ccncc4)C3=O)C2)cs1. The Kier molecular flexibility index (Phi) is 4.56. The van der Waals surface area contributed by atoms with E-state index in [-0.39, 0.29) is 5.41 Å². The molecule has 0 radical (unpaired) electrons. The third kappa shape index (κ3) is 3.46. The number of carbonyl (C=O) groups is 1. The van der Waals surface area contributed by atoms with Crippen molar-refractivity contribution in [2.24, 2.45) is 5.41 Å². The maximum Gasteiger partial charge on any atom is 0.230 e. The molecule has 0 aliphatic carbocycles. The van der Waals surface area contributed by atoms with Gasteiger partial charge in [0.15, 0.2) is 0 Å². The highest BCUT2D eigenvalue weighted by atomic mass is 32.1. The molecular weight excluding hydrogens is 332 g/mol. The summed E-state index contributed by atoms with van der Waals surface area (Å²) in [6, 6.07) is 3.99. The molecule has 0 unspecified atom stereocenters. The molecule has 6 heteroatoms. The van der Waals surface area contributed by atoms with Crippen LogP contribution >= 0.6 is 11.3 Å². The second-order valence-electron chi connectivity index (χ2n) is 7.28. The van der Waals surface area contributed by atoms with Crippen molar-refractivity contribution in [3.05, 3.63) is 46.2 Å². The Balaban J connectivity index is 1.43.